The number of rotatable bonds is 8. The first kappa shape index (κ1) is 13.8. The fourth-order valence-corrected chi connectivity index (χ4v) is 1.40. The molecule has 0 bridgehead atoms. The highest BCUT2D eigenvalue weighted by Crippen LogP contribution is 1.90. The summed E-state index contributed by atoms with van der Waals surface area (Å²) < 4.78 is 25.9. The van der Waals surface area contributed by atoms with Crippen LogP contribution < -0.4 is 11.5 Å². The minimum Gasteiger partial charge on any atom is -0.329 e. The van der Waals surface area contributed by atoms with Crippen molar-refractivity contribution >= 4 is 10.1 Å². The van der Waals surface area contributed by atoms with Gasteiger partial charge in [-0.1, -0.05) is 0 Å². The quantitative estimate of drug-likeness (QED) is 0.472. The van der Waals surface area contributed by atoms with E-state index in [0.717, 1.165) is 6.26 Å². The van der Waals surface area contributed by atoms with E-state index in [1.165, 1.54) is 0 Å². The predicted molar refractivity (Wildman–Crippen MR) is 55.3 cm³/mol. The number of hydrogen-bond donors (Lipinski definition) is 2. The highest BCUT2D eigenvalue weighted by Gasteiger charge is 2.05. The Kier molecular flexibility index (Phi) is 7.02. The first-order valence-corrected chi connectivity index (χ1v) is 6.28. The Labute approximate surface area is 85.3 Å². The molecule has 0 saturated heterocycles. The molecule has 0 aliphatic heterocycles. The van der Waals surface area contributed by atoms with Gasteiger partial charge in [0.05, 0.1) is 12.9 Å². The third kappa shape index (κ3) is 8.39. The van der Waals surface area contributed by atoms with E-state index in [0.29, 0.717) is 32.7 Å². The van der Waals surface area contributed by atoms with Crippen LogP contribution in [0.2, 0.25) is 0 Å². The van der Waals surface area contributed by atoms with Crippen LogP contribution in [-0.4, -0.2) is 58.9 Å². The molecule has 0 unspecified atom stereocenters. The summed E-state index contributed by atoms with van der Waals surface area (Å²) in [4.78, 5) is 1.96. The second kappa shape index (κ2) is 7.13. The molecule has 0 spiro atoms. The lowest BCUT2D eigenvalue weighted by Crippen LogP contribution is -2.36. The molecule has 0 saturated carbocycles. The minimum atomic E-state index is -3.34. The van der Waals surface area contributed by atoms with Gasteiger partial charge in [0.2, 0.25) is 0 Å². The van der Waals surface area contributed by atoms with Crippen molar-refractivity contribution in [3.05, 3.63) is 0 Å². The van der Waals surface area contributed by atoms with Gasteiger partial charge in [0.15, 0.2) is 0 Å². The van der Waals surface area contributed by atoms with E-state index < -0.39 is 10.1 Å². The van der Waals surface area contributed by atoms with Crippen molar-refractivity contribution in [2.75, 3.05) is 45.6 Å². The minimum absolute atomic E-state index is 0.152. The van der Waals surface area contributed by atoms with Gasteiger partial charge >= 0.3 is 0 Å². The van der Waals surface area contributed by atoms with E-state index in [9.17, 15) is 8.42 Å². The Morgan fingerprint density at radius 1 is 1.14 bits per heavy atom. The van der Waals surface area contributed by atoms with E-state index in [1.807, 2.05) is 4.90 Å². The molecule has 0 amide bonds. The molecule has 4 N–H and O–H groups in total. The topological polar surface area (TPSA) is 98.7 Å². The van der Waals surface area contributed by atoms with Crippen LogP contribution in [0.3, 0.4) is 0 Å². The van der Waals surface area contributed by atoms with Gasteiger partial charge in [-0.25, -0.2) is 0 Å². The number of nitrogens with two attached hydrogens (primary N) is 2. The van der Waals surface area contributed by atoms with Crippen LogP contribution in [0.5, 0.6) is 0 Å². The van der Waals surface area contributed by atoms with Crippen LogP contribution in [0, 0.1) is 0 Å². The largest absolute Gasteiger partial charge is 0.329 e. The lowest BCUT2D eigenvalue weighted by Gasteiger charge is -2.19. The normalized spacial score (nSPS) is 12.3. The van der Waals surface area contributed by atoms with Crippen molar-refractivity contribution in [3.8, 4) is 0 Å². The predicted octanol–water partition coefficient (Wildman–Crippen LogP) is -1.82. The summed E-state index contributed by atoms with van der Waals surface area (Å²) >= 11 is 0. The summed E-state index contributed by atoms with van der Waals surface area (Å²) in [5.74, 6) is 0. The van der Waals surface area contributed by atoms with E-state index in [-0.39, 0.29) is 6.61 Å². The SMILES string of the molecule is CS(=O)(=O)OCCN(CCN)CCN. The molecule has 6 nitrogen and oxygen atoms in total. The maximum atomic E-state index is 10.6. The zero-order chi connectivity index (χ0) is 11.0. The van der Waals surface area contributed by atoms with Crippen molar-refractivity contribution < 1.29 is 12.6 Å². The van der Waals surface area contributed by atoms with Crippen molar-refractivity contribution in [2.24, 2.45) is 11.5 Å². The molecule has 0 heterocycles. The Morgan fingerprint density at radius 2 is 1.64 bits per heavy atom. The van der Waals surface area contributed by atoms with Crippen LogP contribution in [-0.2, 0) is 14.3 Å². The molecule has 86 valence electrons. The summed E-state index contributed by atoms with van der Waals surface area (Å²) in [7, 11) is -3.34. The third-order valence-electron chi connectivity index (χ3n) is 1.60. The summed E-state index contributed by atoms with van der Waals surface area (Å²) in [6.07, 6.45) is 1.03. The van der Waals surface area contributed by atoms with Crippen LogP contribution in [0.4, 0.5) is 0 Å². The number of hydrogen-bond acceptors (Lipinski definition) is 6. The molecule has 0 atom stereocenters. The van der Waals surface area contributed by atoms with Crippen molar-refractivity contribution in [2.45, 2.75) is 0 Å². The number of nitrogens with zero attached hydrogens (tertiary/aromatic N) is 1. The molecular formula is C7H19N3O3S. The summed E-state index contributed by atoms with van der Waals surface area (Å²) in [5.41, 5.74) is 10.8. The van der Waals surface area contributed by atoms with Gasteiger partial charge in [0.1, 0.15) is 0 Å². The highest BCUT2D eigenvalue weighted by atomic mass is 32.2. The second-order valence-electron chi connectivity index (χ2n) is 2.95. The van der Waals surface area contributed by atoms with Crippen molar-refractivity contribution in [3.63, 3.8) is 0 Å². The van der Waals surface area contributed by atoms with Gasteiger partial charge in [-0.2, -0.15) is 8.42 Å². The zero-order valence-corrected chi connectivity index (χ0v) is 9.29. The average Bonchev–Trinajstić information content (AvgIpc) is 2.02. The average molecular weight is 225 g/mol. The molecule has 0 aromatic rings. The van der Waals surface area contributed by atoms with Crippen LogP contribution in [0.1, 0.15) is 0 Å². The van der Waals surface area contributed by atoms with Crippen molar-refractivity contribution in [1.29, 1.82) is 0 Å². The Morgan fingerprint density at radius 3 is 2.00 bits per heavy atom. The molecule has 0 aromatic heterocycles. The molecule has 0 aliphatic carbocycles. The van der Waals surface area contributed by atoms with E-state index >= 15 is 0 Å². The van der Waals surface area contributed by atoms with Gasteiger partial charge in [-0.3, -0.25) is 9.08 Å². The standard InChI is InChI=1S/C7H19N3O3S/c1-14(11,12)13-7-6-10(4-2-8)5-3-9/h2-9H2,1H3. The molecule has 7 heteroatoms. The van der Waals surface area contributed by atoms with E-state index in [2.05, 4.69) is 4.18 Å². The van der Waals surface area contributed by atoms with Gasteiger partial charge in [-0.15, -0.1) is 0 Å². The molecule has 0 radical (unpaired) electrons. The lowest BCUT2D eigenvalue weighted by molar-refractivity contribution is 0.221. The molecule has 0 aromatic carbocycles. The lowest BCUT2D eigenvalue weighted by atomic mass is 10.4. The third-order valence-corrected chi connectivity index (χ3v) is 2.19. The van der Waals surface area contributed by atoms with Gasteiger partial charge in [0.25, 0.3) is 10.1 Å². The highest BCUT2D eigenvalue weighted by molar-refractivity contribution is 7.85. The zero-order valence-electron chi connectivity index (χ0n) is 8.48. The second-order valence-corrected chi connectivity index (χ2v) is 4.59. The molecule has 0 rings (SSSR count). The smallest absolute Gasteiger partial charge is 0.264 e. The molecule has 0 fully saturated rings. The summed E-state index contributed by atoms with van der Waals surface area (Å²) in [5, 5.41) is 0. The first-order valence-electron chi connectivity index (χ1n) is 4.46. The summed E-state index contributed by atoms with van der Waals surface area (Å²) in [6, 6.07) is 0. The Hall–Kier alpha value is -0.210. The Bertz CT molecular complexity index is 224. The molecule has 0 aliphatic rings. The van der Waals surface area contributed by atoms with Crippen LogP contribution >= 0.6 is 0 Å². The van der Waals surface area contributed by atoms with E-state index in [4.69, 9.17) is 11.5 Å². The van der Waals surface area contributed by atoms with Crippen LogP contribution in [0.25, 0.3) is 0 Å². The maximum absolute atomic E-state index is 10.6. The molecule has 14 heavy (non-hydrogen) atoms. The van der Waals surface area contributed by atoms with Crippen LogP contribution in [0.15, 0.2) is 0 Å². The monoisotopic (exact) mass is 225 g/mol. The molecular weight excluding hydrogens is 206 g/mol. The fourth-order valence-electron chi connectivity index (χ4n) is 1.02. The van der Waals surface area contributed by atoms with E-state index in [1.54, 1.807) is 0 Å². The van der Waals surface area contributed by atoms with Gasteiger partial charge < -0.3 is 11.5 Å². The van der Waals surface area contributed by atoms with Crippen molar-refractivity contribution in [1.82, 2.24) is 4.90 Å². The fraction of sp³-hybridized carbons (Fsp3) is 1.00. The Balaban J connectivity index is 3.70. The first-order chi connectivity index (χ1) is 6.49. The maximum Gasteiger partial charge on any atom is 0.264 e. The van der Waals surface area contributed by atoms with Gasteiger partial charge in [0, 0.05) is 32.7 Å². The summed E-state index contributed by atoms with van der Waals surface area (Å²) in [6.45, 7) is 3.13. The van der Waals surface area contributed by atoms with Gasteiger partial charge in [-0.05, 0) is 0 Å².